The smallest absolute Gasteiger partial charge is 0.266 e. The van der Waals surface area contributed by atoms with Crippen LogP contribution in [-0.4, -0.2) is 46.0 Å². The molecule has 1 aromatic heterocycles. The van der Waals surface area contributed by atoms with E-state index >= 15 is 0 Å². The molecule has 1 fully saturated rings. The third-order valence-corrected chi connectivity index (χ3v) is 6.44. The summed E-state index contributed by atoms with van der Waals surface area (Å²) in [5.41, 5.74) is 2.80. The van der Waals surface area contributed by atoms with Gasteiger partial charge in [-0.15, -0.1) is 0 Å². The standard InChI is InChI=1S/C21H16FN3O3S3/c22-16-8-6-14(7-9-16)19-15(13-25(23-19)17-4-2-1-3-5-17)12-18-20(26)24(21(29)30-18)10-11-31(27)28/h1-9,12-13H,10-11H2,(H,27,28). The Morgan fingerprint density at radius 1 is 1.16 bits per heavy atom. The van der Waals surface area contributed by atoms with Crippen molar-refractivity contribution in [1.82, 2.24) is 14.7 Å². The number of aromatic nitrogens is 2. The van der Waals surface area contributed by atoms with Crippen LogP contribution < -0.4 is 0 Å². The van der Waals surface area contributed by atoms with Gasteiger partial charge in [-0.3, -0.25) is 9.69 Å². The highest BCUT2D eigenvalue weighted by atomic mass is 32.2. The fourth-order valence-corrected chi connectivity index (χ4v) is 4.68. The van der Waals surface area contributed by atoms with Crippen LogP contribution in [0, 0.1) is 5.82 Å². The number of rotatable bonds is 6. The van der Waals surface area contributed by atoms with Gasteiger partial charge in [0.15, 0.2) is 11.1 Å². The molecule has 1 unspecified atom stereocenters. The van der Waals surface area contributed by atoms with Crippen LogP contribution in [-0.2, 0) is 15.9 Å². The molecule has 0 bridgehead atoms. The van der Waals surface area contributed by atoms with E-state index in [1.54, 1.807) is 29.1 Å². The summed E-state index contributed by atoms with van der Waals surface area (Å²) in [5.74, 6) is -0.750. The summed E-state index contributed by atoms with van der Waals surface area (Å²) in [4.78, 5) is 14.5. The number of halogens is 1. The van der Waals surface area contributed by atoms with Crippen molar-refractivity contribution in [3.63, 3.8) is 0 Å². The van der Waals surface area contributed by atoms with Gasteiger partial charge in [0.1, 0.15) is 10.1 Å². The Kier molecular flexibility index (Phi) is 6.42. The zero-order valence-corrected chi connectivity index (χ0v) is 18.4. The van der Waals surface area contributed by atoms with E-state index in [4.69, 9.17) is 16.8 Å². The number of para-hydroxylation sites is 1. The normalized spacial score (nSPS) is 16.3. The molecule has 158 valence electrons. The lowest BCUT2D eigenvalue weighted by molar-refractivity contribution is -0.121. The number of thiocarbonyl (C=S) groups is 1. The third-order valence-electron chi connectivity index (χ3n) is 4.53. The van der Waals surface area contributed by atoms with E-state index < -0.39 is 11.1 Å². The lowest BCUT2D eigenvalue weighted by Crippen LogP contribution is -2.31. The number of carbonyl (C=O) groups is 1. The molecule has 1 N–H and O–H groups in total. The number of hydrogen-bond acceptors (Lipinski definition) is 5. The van der Waals surface area contributed by atoms with Gasteiger partial charge in [0.2, 0.25) is 0 Å². The van der Waals surface area contributed by atoms with Crippen LogP contribution >= 0.6 is 24.0 Å². The Hall–Kier alpha value is -2.66. The first-order valence-electron chi connectivity index (χ1n) is 9.16. The van der Waals surface area contributed by atoms with Crippen molar-refractivity contribution < 1.29 is 17.9 Å². The first-order chi connectivity index (χ1) is 14.9. The van der Waals surface area contributed by atoms with Crippen LogP contribution in [0.25, 0.3) is 23.0 Å². The molecule has 0 aliphatic carbocycles. The van der Waals surface area contributed by atoms with E-state index in [-0.39, 0.29) is 24.0 Å². The van der Waals surface area contributed by atoms with Gasteiger partial charge >= 0.3 is 0 Å². The lowest BCUT2D eigenvalue weighted by Gasteiger charge is -2.12. The van der Waals surface area contributed by atoms with Crippen LogP contribution in [0.15, 0.2) is 65.7 Å². The first kappa shape index (κ1) is 21.6. The molecule has 3 aromatic rings. The zero-order chi connectivity index (χ0) is 22.0. The third kappa shape index (κ3) is 4.82. The monoisotopic (exact) mass is 473 g/mol. The van der Waals surface area contributed by atoms with Crippen LogP contribution in [0.4, 0.5) is 4.39 Å². The van der Waals surface area contributed by atoms with Gasteiger partial charge in [-0.2, -0.15) is 5.10 Å². The van der Waals surface area contributed by atoms with Crippen LogP contribution in [0.3, 0.4) is 0 Å². The average Bonchev–Trinajstić information content (AvgIpc) is 3.29. The number of thioether (sulfide) groups is 1. The van der Waals surface area contributed by atoms with Crippen molar-refractivity contribution in [3.8, 4) is 16.9 Å². The van der Waals surface area contributed by atoms with E-state index in [0.717, 1.165) is 17.4 Å². The molecule has 0 radical (unpaired) electrons. The fraction of sp³-hybridized carbons (Fsp3) is 0.0952. The Balaban J connectivity index is 1.74. The van der Waals surface area contributed by atoms with E-state index in [1.165, 1.54) is 17.0 Å². The maximum atomic E-state index is 13.4. The fourth-order valence-electron chi connectivity index (χ4n) is 3.04. The molecule has 1 saturated heterocycles. The molecule has 4 rings (SSSR count). The Bertz CT molecular complexity index is 1190. The van der Waals surface area contributed by atoms with Crippen molar-refractivity contribution in [2.45, 2.75) is 0 Å². The highest BCUT2D eigenvalue weighted by Gasteiger charge is 2.32. The van der Waals surface area contributed by atoms with Gasteiger partial charge in [0.05, 0.1) is 22.0 Å². The molecule has 0 spiro atoms. The van der Waals surface area contributed by atoms with Crippen LogP contribution in [0.1, 0.15) is 5.56 Å². The second-order valence-electron chi connectivity index (χ2n) is 6.58. The Morgan fingerprint density at radius 2 is 1.87 bits per heavy atom. The maximum Gasteiger partial charge on any atom is 0.266 e. The van der Waals surface area contributed by atoms with Gasteiger partial charge in [-0.1, -0.05) is 42.2 Å². The van der Waals surface area contributed by atoms with Crippen molar-refractivity contribution in [2.75, 3.05) is 12.3 Å². The summed E-state index contributed by atoms with van der Waals surface area (Å²) < 4.78 is 35.4. The molecular weight excluding hydrogens is 457 g/mol. The average molecular weight is 474 g/mol. The van der Waals surface area contributed by atoms with Gasteiger partial charge < -0.3 is 4.55 Å². The summed E-state index contributed by atoms with van der Waals surface area (Å²) in [5, 5.41) is 4.65. The van der Waals surface area contributed by atoms with Crippen molar-refractivity contribution in [1.29, 1.82) is 0 Å². The molecule has 1 amide bonds. The number of carbonyl (C=O) groups excluding carboxylic acids is 1. The molecule has 10 heteroatoms. The van der Waals surface area contributed by atoms with Crippen LogP contribution in [0.2, 0.25) is 0 Å². The largest absolute Gasteiger partial charge is 0.306 e. The Morgan fingerprint density at radius 3 is 2.55 bits per heavy atom. The molecule has 1 atom stereocenters. The summed E-state index contributed by atoms with van der Waals surface area (Å²) in [7, 11) is 0. The van der Waals surface area contributed by atoms with Gasteiger partial charge in [0.25, 0.3) is 5.91 Å². The minimum absolute atomic E-state index is 0.0687. The van der Waals surface area contributed by atoms with Crippen molar-refractivity contribution in [3.05, 3.63) is 77.1 Å². The molecule has 1 aliphatic heterocycles. The number of hydrogen-bond donors (Lipinski definition) is 1. The summed E-state index contributed by atoms with van der Waals surface area (Å²) >= 11 is 4.39. The minimum atomic E-state index is -2.02. The predicted molar refractivity (Wildman–Crippen MR) is 124 cm³/mol. The van der Waals surface area contributed by atoms with Gasteiger partial charge in [-0.05, 0) is 42.5 Å². The molecule has 1 aliphatic rings. The molecule has 31 heavy (non-hydrogen) atoms. The molecule has 6 nitrogen and oxygen atoms in total. The SMILES string of the molecule is O=C1C(=Cc2cn(-c3ccccc3)nc2-c2ccc(F)cc2)SC(=S)N1CCS(=O)O. The van der Waals surface area contributed by atoms with Crippen molar-refractivity contribution in [2.24, 2.45) is 0 Å². The second kappa shape index (κ2) is 9.23. The van der Waals surface area contributed by atoms with Gasteiger partial charge in [-0.25, -0.2) is 13.3 Å². The molecule has 0 saturated carbocycles. The first-order valence-corrected chi connectivity index (χ1v) is 11.7. The number of amides is 1. The number of nitrogens with zero attached hydrogens (tertiary/aromatic N) is 3. The summed E-state index contributed by atoms with van der Waals surface area (Å²) in [6.45, 7) is 0.0687. The number of benzene rings is 2. The minimum Gasteiger partial charge on any atom is -0.306 e. The molecule has 2 aromatic carbocycles. The van der Waals surface area contributed by atoms with Crippen molar-refractivity contribution >= 4 is 51.4 Å². The zero-order valence-electron chi connectivity index (χ0n) is 16.0. The highest BCUT2D eigenvalue weighted by molar-refractivity contribution is 8.26. The Labute approximate surface area is 190 Å². The topological polar surface area (TPSA) is 75.4 Å². The summed E-state index contributed by atoms with van der Waals surface area (Å²) in [6.07, 6.45) is 3.49. The van der Waals surface area contributed by atoms with E-state index in [0.29, 0.717) is 26.0 Å². The molecule has 2 heterocycles. The maximum absolute atomic E-state index is 13.4. The van der Waals surface area contributed by atoms with E-state index in [2.05, 4.69) is 5.10 Å². The highest BCUT2D eigenvalue weighted by Crippen LogP contribution is 2.34. The van der Waals surface area contributed by atoms with Gasteiger partial charge in [0, 0.05) is 23.9 Å². The summed E-state index contributed by atoms with van der Waals surface area (Å²) in [6, 6.07) is 15.5. The second-order valence-corrected chi connectivity index (χ2v) is 9.31. The van der Waals surface area contributed by atoms with E-state index in [1.807, 2.05) is 30.3 Å². The van der Waals surface area contributed by atoms with E-state index in [9.17, 15) is 13.4 Å². The predicted octanol–water partition coefficient (Wildman–Crippen LogP) is 4.10. The van der Waals surface area contributed by atoms with Crippen LogP contribution in [0.5, 0.6) is 0 Å². The quantitative estimate of drug-likeness (QED) is 0.330. The molecular formula is C21H16FN3O3S3. The lowest BCUT2D eigenvalue weighted by atomic mass is 10.1.